The molecule has 4 atom stereocenters. The molecule has 2 heteroatoms. The normalized spacial score (nSPS) is 31.1. The van der Waals surface area contributed by atoms with Gasteiger partial charge in [-0.25, -0.2) is 0 Å². The SMILES string of the molecule is CC(C)C1CCC2=C(CCC3C2(C)CCC[C@@]3(C)C(=O)Nc2ccccc2-c2ccccc2)C1. The van der Waals surface area contributed by atoms with Crippen LogP contribution < -0.4 is 5.32 Å². The minimum atomic E-state index is -0.329. The van der Waals surface area contributed by atoms with Crippen molar-refractivity contribution in [2.24, 2.45) is 28.6 Å². The van der Waals surface area contributed by atoms with Crippen molar-refractivity contribution in [1.82, 2.24) is 0 Å². The third-order valence-electron chi connectivity index (χ3n) is 9.78. The molecule has 5 rings (SSSR count). The van der Waals surface area contributed by atoms with E-state index in [0.29, 0.717) is 5.92 Å². The van der Waals surface area contributed by atoms with Crippen LogP contribution in [0.4, 0.5) is 5.69 Å². The molecule has 1 amide bonds. The van der Waals surface area contributed by atoms with E-state index in [4.69, 9.17) is 0 Å². The largest absolute Gasteiger partial charge is 0.325 e. The van der Waals surface area contributed by atoms with Gasteiger partial charge in [0.2, 0.25) is 5.91 Å². The number of hydrogen-bond acceptors (Lipinski definition) is 1. The summed E-state index contributed by atoms with van der Waals surface area (Å²) in [6.07, 6.45) is 9.60. The third kappa shape index (κ3) is 3.93. The van der Waals surface area contributed by atoms with Crippen LogP contribution in [0.3, 0.4) is 0 Å². The number of allylic oxidation sites excluding steroid dienone is 2. The highest BCUT2D eigenvalue weighted by molar-refractivity contribution is 5.99. The van der Waals surface area contributed by atoms with Crippen LogP contribution in [0.5, 0.6) is 0 Å². The second-order valence-corrected chi connectivity index (χ2v) is 12.0. The maximum Gasteiger partial charge on any atom is 0.230 e. The Morgan fingerprint density at radius 3 is 2.44 bits per heavy atom. The van der Waals surface area contributed by atoms with Crippen molar-refractivity contribution in [3.05, 3.63) is 65.7 Å². The van der Waals surface area contributed by atoms with Crippen molar-refractivity contribution in [3.63, 3.8) is 0 Å². The number of amides is 1. The first kappa shape index (κ1) is 23.4. The van der Waals surface area contributed by atoms with Gasteiger partial charge in [-0.1, -0.05) is 93.8 Å². The summed E-state index contributed by atoms with van der Waals surface area (Å²) in [4.78, 5) is 14.0. The van der Waals surface area contributed by atoms with E-state index >= 15 is 0 Å². The molecule has 34 heavy (non-hydrogen) atoms. The number of fused-ring (bicyclic) bond motifs is 2. The lowest BCUT2D eigenvalue weighted by molar-refractivity contribution is -0.135. The molecule has 0 aromatic heterocycles. The number of carbonyl (C=O) groups is 1. The van der Waals surface area contributed by atoms with E-state index in [1.807, 2.05) is 12.1 Å². The first-order chi connectivity index (χ1) is 16.3. The Morgan fingerprint density at radius 2 is 1.68 bits per heavy atom. The summed E-state index contributed by atoms with van der Waals surface area (Å²) < 4.78 is 0. The smallest absolute Gasteiger partial charge is 0.230 e. The fraction of sp³-hybridized carbons (Fsp3) is 0.531. The monoisotopic (exact) mass is 455 g/mol. The molecule has 0 spiro atoms. The van der Waals surface area contributed by atoms with E-state index < -0.39 is 0 Å². The predicted octanol–water partition coefficient (Wildman–Crippen LogP) is 8.65. The van der Waals surface area contributed by atoms with E-state index in [1.165, 1.54) is 32.1 Å². The summed E-state index contributed by atoms with van der Waals surface area (Å²) >= 11 is 0. The van der Waals surface area contributed by atoms with Gasteiger partial charge < -0.3 is 5.32 Å². The first-order valence-corrected chi connectivity index (χ1v) is 13.5. The number of rotatable bonds is 4. The van der Waals surface area contributed by atoms with Crippen molar-refractivity contribution in [2.75, 3.05) is 5.32 Å². The van der Waals surface area contributed by atoms with Crippen molar-refractivity contribution in [2.45, 2.75) is 79.1 Å². The van der Waals surface area contributed by atoms with Crippen LogP contribution in [0.1, 0.15) is 79.1 Å². The molecule has 3 aliphatic carbocycles. The van der Waals surface area contributed by atoms with Crippen LogP contribution in [-0.2, 0) is 4.79 Å². The molecule has 0 saturated heterocycles. The Morgan fingerprint density at radius 1 is 0.941 bits per heavy atom. The number of nitrogens with one attached hydrogen (secondary N) is 1. The second-order valence-electron chi connectivity index (χ2n) is 12.0. The molecule has 1 N–H and O–H groups in total. The molecule has 3 unspecified atom stereocenters. The van der Waals surface area contributed by atoms with E-state index in [1.54, 1.807) is 11.1 Å². The zero-order chi connectivity index (χ0) is 23.9. The van der Waals surface area contributed by atoms with Gasteiger partial charge in [0.25, 0.3) is 0 Å². The summed E-state index contributed by atoms with van der Waals surface area (Å²) in [6.45, 7) is 9.54. The van der Waals surface area contributed by atoms with Gasteiger partial charge in [0.1, 0.15) is 0 Å². The fourth-order valence-corrected chi connectivity index (χ4v) is 7.75. The van der Waals surface area contributed by atoms with Crippen LogP contribution in [0.15, 0.2) is 65.7 Å². The third-order valence-corrected chi connectivity index (χ3v) is 9.78. The molecule has 1 fully saturated rings. The summed E-state index contributed by atoms with van der Waals surface area (Å²) in [5.74, 6) is 2.25. The van der Waals surface area contributed by atoms with Gasteiger partial charge in [0.05, 0.1) is 5.41 Å². The molecular weight excluding hydrogens is 414 g/mol. The standard InChI is InChI=1S/C32H41NO/c1-22(2)24-15-17-27-25(21-24)16-18-29-31(27,3)19-10-20-32(29,4)30(34)33-28-14-9-8-13-26(28)23-11-6-5-7-12-23/h5-9,11-14,22,24,29H,10,15-21H2,1-4H3,(H,33,34)/t24?,29?,31?,32-/m1/s1. The number of benzene rings is 2. The minimum absolute atomic E-state index is 0.179. The highest BCUT2D eigenvalue weighted by Gasteiger charge is 2.56. The molecule has 2 aromatic rings. The highest BCUT2D eigenvalue weighted by atomic mass is 16.2. The number of para-hydroxylation sites is 1. The Balaban J connectivity index is 1.43. The minimum Gasteiger partial charge on any atom is -0.325 e. The Kier molecular flexibility index (Phi) is 6.21. The molecule has 0 aliphatic heterocycles. The molecular formula is C32H41NO. The van der Waals surface area contributed by atoms with Gasteiger partial charge in [0.15, 0.2) is 0 Å². The highest BCUT2D eigenvalue weighted by Crippen LogP contribution is 2.62. The average Bonchev–Trinajstić information content (AvgIpc) is 2.84. The Bertz CT molecular complexity index is 1080. The number of carbonyl (C=O) groups excluding carboxylic acids is 1. The van der Waals surface area contributed by atoms with Gasteiger partial charge in [0, 0.05) is 11.3 Å². The van der Waals surface area contributed by atoms with Gasteiger partial charge in [-0.2, -0.15) is 0 Å². The van der Waals surface area contributed by atoms with Crippen molar-refractivity contribution in [1.29, 1.82) is 0 Å². The first-order valence-electron chi connectivity index (χ1n) is 13.5. The number of hydrogen-bond donors (Lipinski definition) is 1. The summed E-state index contributed by atoms with van der Waals surface area (Å²) in [5.41, 5.74) is 6.51. The van der Waals surface area contributed by atoms with Crippen molar-refractivity contribution in [3.8, 4) is 11.1 Å². The molecule has 1 saturated carbocycles. The van der Waals surface area contributed by atoms with Crippen LogP contribution in [0, 0.1) is 28.6 Å². The van der Waals surface area contributed by atoms with E-state index in [-0.39, 0.29) is 16.7 Å². The van der Waals surface area contributed by atoms with Gasteiger partial charge >= 0.3 is 0 Å². The topological polar surface area (TPSA) is 29.1 Å². The fourth-order valence-electron chi connectivity index (χ4n) is 7.75. The lowest BCUT2D eigenvalue weighted by Gasteiger charge is -2.56. The van der Waals surface area contributed by atoms with Gasteiger partial charge in [-0.05, 0) is 79.7 Å². The lowest BCUT2D eigenvalue weighted by atomic mass is 9.48. The van der Waals surface area contributed by atoms with Gasteiger partial charge in [-0.3, -0.25) is 4.79 Å². The molecule has 0 heterocycles. The zero-order valence-corrected chi connectivity index (χ0v) is 21.5. The van der Waals surface area contributed by atoms with Crippen LogP contribution in [0.2, 0.25) is 0 Å². The van der Waals surface area contributed by atoms with E-state index in [9.17, 15) is 4.79 Å². The second kappa shape index (κ2) is 9.02. The van der Waals surface area contributed by atoms with Crippen molar-refractivity contribution < 1.29 is 4.79 Å². The molecule has 180 valence electrons. The van der Waals surface area contributed by atoms with Crippen LogP contribution in [-0.4, -0.2) is 5.91 Å². The van der Waals surface area contributed by atoms with Crippen LogP contribution in [0.25, 0.3) is 11.1 Å². The average molecular weight is 456 g/mol. The van der Waals surface area contributed by atoms with E-state index in [0.717, 1.165) is 47.9 Å². The van der Waals surface area contributed by atoms with E-state index in [2.05, 4.69) is 75.5 Å². The molecule has 0 bridgehead atoms. The zero-order valence-electron chi connectivity index (χ0n) is 21.5. The quantitative estimate of drug-likeness (QED) is 0.459. The molecule has 2 nitrogen and oxygen atoms in total. The summed E-state index contributed by atoms with van der Waals surface area (Å²) in [7, 11) is 0. The molecule has 2 aromatic carbocycles. The molecule has 3 aliphatic rings. The summed E-state index contributed by atoms with van der Waals surface area (Å²) in [5, 5.41) is 3.41. The van der Waals surface area contributed by atoms with Gasteiger partial charge in [-0.15, -0.1) is 0 Å². The predicted molar refractivity (Wildman–Crippen MR) is 143 cm³/mol. The number of anilines is 1. The molecule has 0 radical (unpaired) electrons. The van der Waals surface area contributed by atoms with Crippen LogP contribution >= 0.6 is 0 Å². The Labute approximate surface area is 206 Å². The Hall–Kier alpha value is -2.35. The maximum absolute atomic E-state index is 14.0. The lowest BCUT2D eigenvalue weighted by Crippen LogP contribution is -2.52. The van der Waals surface area contributed by atoms with Crippen molar-refractivity contribution >= 4 is 11.6 Å². The summed E-state index contributed by atoms with van der Waals surface area (Å²) in [6, 6.07) is 18.6. The maximum atomic E-state index is 14.0.